The van der Waals surface area contributed by atoms with Crippen molar-refractivity contribution >= 4 is 5.97 Å². The van der Waals surface area contributed by atoms with E-state index in [1.165, 1.54) is 16.7 Å². The lowest BCUT2D eigenvalue weighted by molar-refractivity contribution is -0.143. The van der Waals surface area contributed by atoms with Gasteiger partial charge in [-0.3, -0.25) is 9.69 Å². The molecule has 0 aliphatic carbocycles. The van der Waals surface area contributed by atoms with Gasteiger partial charge >= 0.3 is 5.97 Å². The molecule has 1 atom stereocenters. The maximum Gasteiger partial charge on any atom is 0.320 e. The SMILES string of the molecule is CCC(C(=O)O)N1CCc2cc(C(C)(C)C)ccc2C1. The van der Waals surface area contributed by atoms with Crippen LogP contribution in [0.1, 0.15) is 50.8 Å². The van der Waals surface area contributed by atoms with Crippen molar-refractivity contribution in [2.75, 3.05) is 6.54 Å². The van der Waals surface area contributed by atoms with E-state index in [9.17, 15) is 9.90 Å². The molecular formula is C17H25NO2. The average Bonchev–Trinajstić information content (AvgIpc) is 2.37. The van der Waals surface area contributed by atoms with E-state index in [0.717, 1.165) is 19.5 Å². The van der Waals surface area contributed by atoms with Gasteiger partial charge in [0, 0.05) is 13.1 Å². The molecule has 20 heavy (non-hydrogen) atoms. The number of aliphatic carboxylic acids is 1. The van der Waals surface area contributed by atoms with Crippen LogP contribution >= 0.6 is 0 Å². The van der Waals surface area contributed by atoms with Gasteiger partial charge in [-0.05, 0) is 34.9 Å². The van der Waals surface area contributed by atoms with E-state index in [0.29, 0.717) is 6.42 Å². The van der Waals surface area contributed by atoms with E-state index >= 15 is 0 Å². The summed E-state index contributed by atoms with van der Waals surface area (Å²) in [6.07, 6.45) is 1.60. The van der Waals surface area contributed by atoms with Crippen molar-refractivity contribution in [3.05, 3.63) is 34.9 Å². The van der Waals surface area contributed by atoms with Crippen molar-refractivity contribution in [2.24, 2.45) is 0 Å². The predicted molar refractivity (Wildman–Crippen MR) is 81.0 cm³/mol. The second-order valence-corrected chi connectivity index (χ2v) is 6.72. The standard InChI is InChI=1S/C17H25NO2/c1-5-15(16(19)20)18-9-8-12-10-14(17(2,3)4)7-6-13(12)11-18/h6-7,10,15H,5,8-9,11H2,1-4H3,(H,19,20). The Morgan fingerprint density at radius 1 is 1.35 bits per heavy atom. The summed E-state index contributed by atoms with van der Waals surface area (Å²) in [6.45, 7) is 10.2. The summed E-state index contributed by atoms with van der Waals surface area (Å²) in [7, 11) is 0. The quantitative estimate of drug-likeness (QED) is 0.921. The first-order chi connectivity index (χ1) is 9.32. The zero-order chi connectivity index (χ0) is 14.9. The minimum absolute atomic E-state index is 0.166. The number of nitrogens with zero attached hydrogens (tertiary/aromatic N) is 1. The van der Waals surface area contributed by atoms with E-state index in [2.05, 4.69) is 43.9 Å². The molecule has 1 aliphatic rings. The van der Waals surface area contributed by atoms with Gasteiger partial charge in [-0.25, -0.2) is 0 Å². The van der Waals surface area contributed by atoms with Crippen LogP contribution in [0.5, 0.6) is 0 Å². The highest BCUT2D eigenvalue weighted by atomic mass is 16.4. The van der Waals surface area contributed by atoms with Crippen LogP contribution in [0.4, 0.5) is 0 Å². The fourth-order valence-electron chi connectivity index (χ4n) is 2.90. The molecule has 0 aromatic heterocycles. The number of fused-ring (bicyclic) bond motifs is 1. The summed E-state index contributed by atoms with van der Waals surface area (Å²) < 4.78 is 0. The minimum Gasteiger partial charge on any atom is -0.480 e. The van der Waals surface area contributed by atoms with Crippen molar-refractivity contribution in [1.29, 1.82) is 0 Å². The third kappa shape index (κ3) is 3.04. The molecule has 0 saturated heterocycles. The normalized spacial score (nSPS) is 17.6. The summed E-state index contributed by atoms with van der Waals surface area (Å²) in [5.74, 6) is -0.706. The van der Waals surface area contributed by atoms with Crippen LogP contribution in [-0.4, -0.2) is 28.6 Å². The summed E-state index contributed by atoms with van der Waals surface area (Å²) in [5, 5.41) is 9.28. The summed E-state index contributed by atoms with van der Waals surface area (Å²) in [6, 6.07) is 6.31. The lowest BCUT2D eigenvalue weighted by atomic mass is 9.84. The van der Waals surface area contributed by atoms with Gasteiger partial charge in [0.15, 0.2) is 0 Å². The van der Waals surface area contributed by atoms with Gasteiger partial charge < -0.3 is 5.11 Å². The van der Waals surface area contributed by atoms with Gasteiger partial charge in [-0.2, -0.15) is 0 Å². The van der Waals surface area contributed by atoms with Gasteiger partial charge in [-0.15, -0.1) is 0 Å². The molecule has 1 unspecified atom stereocenters. The minimum atomic E-state index is -0.706. The molecule has 3 nitrogen and oxygen atoms in total. The van der Waals surface area contributed by atoms with Crippen molar-refractivity contribution in [2.45, 2.75) is 58.5 Å². The number of carbonyl (C=O) groups is 1. The Hall–Kier alpha value is -1.35. The fraction of sp³-hybridized carbons (Fsp3) is 0.588. The molecule has 1 aliphatic heterocycles. The smallest absolute Gasteiger partial charge is 0.320 e. The fourth-order valence-corrected chi connectivity index (χ4v) is 2.90. The Bertz CT molecular complexity index is 502. The molecule has 0 fully saturated rings. The zero-order valence-electron chi connectivity index (χ0n) is 12.9. The van der Waals surface area contributed by atoms with E-state index in [-0.39, 0.29) is 11.5 Å². The van der Waals surface area contributed by atoms with E-state index < -0.39 is 5.97 Å². The number of carboxylic acids is 1. The van der Waals surface area contributed by atoms with E-state index in [4.69, 9.17) is 0 Å². The monoisotopic (exact) mass is 275 g/mol. The molecule has 0 saturated carbocycles. The zero-order valence-corrected chi connectivity index (χ0v) is 12.9. The topological polar surface area (TPSA) is 40.5 Å². The molecule has 1 aromatic rings. The van der Waals surface area contributed by atoms with Crippen molar-refractivity contribution in [3.63, 3.8) is 0 Å². The maximum atomic E-state index is 11.3. The van der Waals surface area contributed by atoms with Crippen LogP contribution in [-0.2, 0) is 23.2 Å². The maximum absolute atomic E-state index is 11.3. The molecule has 1 aromatic carbocycles. The second-order valence-electron chi connectivity index (χ2n) is 6.72. The molecule has 0 spiro atoms. The first-order valence-corrected chi connectivity index (χ1v) is 7.42. The van der Waals surface area contributed by atoms with Gasteiger partial charge in [0.1, 0.15) is 6.04 Å². The summed E-state index contributed by atoms with van der Waals surface area (Å²) >= 11 is 0. The molecule has 0 radical (unpaired) electrons. The van der Waals surface area contributed by atoms with E-state index in [1.807, 2.05) is 6.92 Å². The van der Waals surface area contributed by atoms with Crippen LogP contribution in [0, 0.1) is 0 Å². The number of benzene rings is 1. The Morgan fingerprint density at radius 3 is 2.60 bits per heavy atom. The number of carboxylic acid groups (broad SMARTS) is 1. The van der Waals surface area contributed by atoms with Gasteiger partial charge in [0.25, 0.3) is 0 Å². The van der Waals surface area contributed by atoms with Crippen molar-refractivity contribution in [3.8, 4) is 0 Å². The highest BCUT2D eigenvalue weighted by Gasteiger charge is 2.27. The number of hydrogen-bond acceptors (Lipinski definition) is 2. The highest BCUT2D eigenvalue weighted by molar-refractivity contribution is 5.73. The second kappa shape index (κ2) is 5.57. The van der Waals surface area contributed by atoms with Crippen LogP contribution in [0.15, 0.2) is 18.2 Å². The van der Waals surface area contributed by atoms with Crippen LogP contribution in [0.25, 0.3) is 0 Å². The average molecular weight is 275 g/mol. The molecule has 1 N–H and O–H groups in total. The largest absolute Gasteiger partial charge is 0.480 e. The molecule has 0 amide bonds. The number of hydrogen-bond donors (Lipinski definition) is 1. The van der Waals surface area contributed by atoms with Crippen molar-refractivity contribution in [1.82, 2.24) is 4.90 Å². The Kier molecular flexibility index (Phi) is 4.19. The summed E-state index contributed by atoms with van der Waals surface area (Å²) in [4.78, 5) is 13.4. The highest BCUT2D eigenvalue weighted by Crippen LogP contribution is 2.28. The Balaban J connectivity index is 2.22. The summed E-state index contributed by atoms with van der Waals surface area (Å²) in [5.41, 5.74) is 4.19. The first kappa shape index (κ1) is 15.0. The lowest BCUT2D eigenvalue weighted by Gasteiger charge is -2.33. The predicted octanol–water partition coefficient (Wildman–Crippen LogP) is 3.21. The van der Waals surface area contributed by atoms with Crippen LogP contribution in [0.2, 0.25) is 0 Å². The third-order valence-electron chi connectivity index (χ3n) is 4.23. The molecule has 0 bridgehead atoms. The van der Waals surface area contributed by atoms with Gasteiger partial charge in [0.2, 0.25) is 0 Å². The Morgan fingerprint density at radius 2 is 2.05 bits per heavy atom. The Labute approximate surface area is 121 Å². The van der Waals surface area contributed by atoms with Gasteiger partial charge in [-0.1, -0.05) is 45.9 Å². The van der Waals surface area contributed by atoms with Crippen molar-refractivity contribution < 1.29 is 9.90 Å². The molecule has 1 heterocycles. The molecule has 110 valence electrons. The first-order valence-electron chi connectivity index (χ1n) is 7.42. The number of rotatable bonds is 3. The van der Waals surface area contributed by atoms with Gasteiger partial charge in [0.05, 0.1) is 0 Å². The molecule has 2 rings (SSSR count). The van der Waals surface area contributed by atoms with Crippen LogP contribution < -0.4 is 0 Å². The lowest BCUT2D eigenvalue weighted by Crippen LogP contribution is -2.43. The molecule has 3 heteroatoms. The molecular weight excluding hydrogens is 250 g/mol. The van der Waals surface area contributed by atoms with E-state index in [1.54, 1.807) is 0 Å². The third-order valence-corrected chi connectivity index (χ3v) is 4.23. The van der Waals surface area contributed by atoms with Crippen LogP contribution in [0.3, 0.4) is 0 Å².